The Morgan fingerprint density at radius 2 is 1.80 bits per heavy atom. The van der Waals surface area contributed by atoms with Crippen LogP contribution < -0.4 is 4.74 Å². The molecule has 0 bridgehead atoms. The molecule has 0 unspecified atom stereocenters. The molecule has 0 aliphatic rings. The number of nitro groups is 1. The molecule has 7 heteroatoms. The highest BCUT2D eigenvalue weighted by molar-refractivity contribution is 5.49. The Balaban J connectivity index is 2.46. The number of hydrogen-bond acceptors (Lipinski definition) is 4. The zero-order chi connectivity index (χ0) is 14.7. The molecule has 0 N–H and O–H groups in total. The number of ether oxygens (including phenoxy) is 1. The van der Waals surface area contributed by atoms with Crippen molar-refractivity contribution in [3.63, 3.8) is 0 Å². The monoisotopic (exact) mass is 276 g/mol. The van der Waals surface area contributed by atoms with Crippen molar-refractivity contribution in [2.24, 2.45) is 0 Å². The molecule has 0 fully saturated rings. The fourth-order valence-corrected chi connectivity index (χ4v) is 1.53. The molecule has 0 spiro atoms. The summed E-state index contributed by atoms with van der Waals surface area (Å²) in [4.78, 5) is 10.0. The minimum absolute atomic E-state index is 0.213. The van der Waals surface area contributed by atoms with Gasteiger partial charge in [0, 0.05) is 6.07 Å². The van der Waals surface area contributed by atoms with Crippen LogP contribution >= 0.6 is 0 Å². The second-order valence-corrected chi connectivity index (χ2v) is 3.71. The summed E-state index contributed by atoms with van der Waals surface area (Å²) in [6.45, 7) is 0. The molecule has 0 amide bonds. The summed E-state index contributed by atoms with van der Waals surface area (Å²) in [6.07, 6.45) is 0. The molecule has 0 atom stereocenters. The molecule has 2 aromatic rings. The maximum Gasteiger partial charge on any atom is 0.311 e. The van der Waals surface area contributed by atoms with Crippen LogP contribution in [-0.4, -0.2) is 4.92 Å². The van der Waals surface area contributed by atoms with Crippen molar-refractivity contribution in [3.05, 3.63) is 63.7 Å². The first-order valence-corrected chi connectivity index (χ1v) is 5.33. The highest BCUT2D eigenvalue weighted by atomic mass is 19.1. The molecule has 5 nitrogen and oxygen atoms in total. The van der Waals surface area contributed by atoms with Crippen LogP contribution in [0.4, 0.5) is 14.5 Å². The largest absolute Gasteiger partial charge is 0.444 e. The molecule has 0 aliphatic carbocycles. The summed E-state index contributed by atoms with van der Waals surface area (Å²) >= 11 is 0. The highest BCUT2D eigenvalue weighted by Crippen LogP contribution is 2.34. The summed E-state index contributed by atoms with van der Waals surface area (Å²) in [5.41, 5.74) is -0.634. The highest BCUT2D eigenvalue weighted by Gasteiger charge is 2.19. The molecular weight excluding hydrogens is 270 g/mol. The van der Waals surface area contributed by atoms with Gasteiger partial charge in [0.25, 0.3) is 0 Å². The Bertz CT molecular complexity index is 703. The summed E-state index contributed by atoms with van der Waals surface area (Å²) in [7, 11) is 0. The number of hydrogen-bond donors (Lipinski definition) is 0. The van der Waals surface area contributed by atoms with Crippen LogP contribution in [-0.2, 0) is 0 Å². The summed E-state index contributed by atoms with van der Waals surface area (Å²) < 4.78 is 32.2. The van der Waals surface area contributed by atoms with Crippen molar-refractivity contribution in [3.8, 4) is 17.6 Å². The Morgan fingerprint density at radius 1 is 1.20 bits per heavy atom. The van der Waals surface area contributed by atoms with Crippen LogP contribution in [0, 0.1) is 33.1 Å². The lowest BCUT2D eigenvalue weighted by Crippen LogP contribution is -1.97. The normalized spacial score (nSPS) is 9.85. The van der Waals surface area contributed by atoms with Gasteiger partial charge in [-0.15, -0.1) is 0 Å². The van der Waals surface area contributed by atoms with Gasteiger partial charge in [-0.3, -0.25) is 10.1 Å². The number of nitro benzene ring substituents is 1. The maximum atomic E-state index is 13.6. The molecule has 0 saturated heterocycles. The third-order valence-corrected chi connectivity index (χ3v) is 2.40. The van der Waals surface area contributed by atoms with Gasteiger partial charge < -0.3 is 4.74 Å². The Labute approximate surface area is 111 Å². The molecule has 0 aromatic heterocycles. The minimum Gasteiger partial charge on any atom is -0.444 e. The van der Waals surface area contributed by atoms with E-state index in [2.05, 4.69) is 0 Å². The molecule has 2 aromatic carbocycles. The third-order valence-electron chi connectivity index (χ3n) is 2.40. The minimum atomic E-state index is -1.11. The Morgan fingerprint density at radius 3 is 2.35 bits per heavy atom. The molecule has 2 rings (SSSR count). The topological polar surface area (TPSA) is 76.2 Å². The van der Waals surface area contributed by atoms with E-state index < -0.39 is 28.0 Å². The van der Waals surface area contributed by atoms with Crippen molar-refractivity contribution in [2.75, 3.05) is 0 Å². The van der Waals surface area contributed by atoms with E-state index in [1.165, 1.54) is 18.2 Å². The van der Waals surface area contributed by atoms with Crippen LogP contribution in [0.5, 0.6) is 11.5 Å². The number of rotatable bonds is 3. The van der Waals surface area contributed by atoms with Crippen LogP contribution in [0.2, 0.25) is 0 Å². The van der Waals surface area contributed by atoms with Crippen LogP contribution in [0.1, 0.15) is 5.56 Å². The van der Waals surface area contributed by atoms with Crippen molar-refractivity contribution in [1.82, 2.24) is 0 Å². The van der Waals surface area contributed by atoms with E-state index in [1.54, 1.807) is 6.07 Å². The lowest BCUT2D eigenvalue weighted by atomic mass is 10.2. The van der Waals surface area contributed by atoms with Gasteiger partial charge in [-0.2, -0.15) is 5.26 Å². The van der Waals surface area contributed by atoms with E-state index in [0.717, 1.165) is 18.2 Å². The first-order chi connectivity index (χ1) is 9.52. The molecule has 0 saturated carbocycles. The first kappa shape index (κ1) is 13.4. The summed E-state index contributed by atoms with van der Waals surface area (Å²) in [5, 5.41) is 19.3. The predicted molar refractivity (Wildman–Crippen MR) is 64.2 cm³/mol. The van der Waals surface area contributed by atoms with Crippen molar-refractivity contribution in [2.45, 2.75) is 0 Å². The van der Waals surface area contributed by atoms with Gasteiger partial charge in [0.15, 0.2) is 17.4 Å². The lowest BCUT2D eigenvalue weighted by Gasteiger charge is -2.08. The van der Waals surface area contributed by atoms with E-state index in [4.69, 9.17) is 10.00 Å². The van der Waals surface area contributed by atoms with Gasteiger partial charge in [0.2, 0.25) is 5.75 Å². The fraction of sp³-hybridized carbons (Fsp3) is 0. The van der Waals surface area contributed by atoms with Crippen LogP contribution in [0.25, 0.3) is 0 Å². The zero-order valence-corrected chi connectivity index (χ0v) is 9.84. The van der Waals surface area contributed by atoms with Crippen molar-refractivity contribution < 1.29 is 18.4 Å². The van der Waals surface area contributed by atoms with Gasteiger partial charge in [-0.05, 0) is 18.2 Å². The fourth-order valence-electron chi connectivity index (χ4n) is 1.53. The second-order valence-electron chi connectivity index (χ2n) is 3.71. The Hall–Kier alpha value is -3.01. The summed E-state index contributed by atoms with van der Waals surface area (Å²) in [6, 6.07) is 8.35. The average Bonchev–Trinajstić information content (AvgIpc) is 2.42. The number of nitrogens with zero attached hydrogens (tertiary/aromatic N) is 2. The molecule has 100 valence electrons. The summed E-state index contributed by atoms with van der Waals surface area (Å²) in [5.74, 6) is -3.31. The number of nitriles is 1. The molecular formula is C13H6F2N2O3. The van der Waals surface area contributed by atoms with E-state index in [1.807, 2.05) is 0 Å². The quantitative estimate of drug-likeness (QED) is 0.634. The van der Waals surface area contributed by atoms with Crippen molar-refractivity contribution >= 4 is 5.69 Å². The van der Waals surface area contributed by atoms with E-state index in [-0.39, 0.29) is 11.3 Å². The maximum absolute atomic E-state index is 13.6. The zero-order valence-electron chi connectivity index (χ0n) is 9.84. The number of halogens is 2. The van der Waals surface area contributed by atoms with E-state index in [9.17, 15) is 18.9 Å². The van der Waals surface area contributed by atoms with Gasteiger partial charge in [0.05, 0.1) is 16.6 Å². The predicted octanol–water partition coefficient (Wildman–Crippen LogP) is 3.54. The van der Waals surface area contributed by atoms with Gasteiger partial charge in [-0.1, -0.05) is 12.1 Å². The Kier molecular flexibility index (Phi) is 3.57. The van der Waals surface area contributed by atoms with E-state index >= 15 is 0 Å². The van der Waals surface area contributed by atoms with Gasteiger partial charge in [-0.25, -0.2) is 8.78 Å². The standard InChI is InChI=1S/C13H6F2N2O3/c14-9-5-8(7-16)6-10(15)13(9)20-12-4-2-1-3-11(12)17(18)19/h1-6H. The lowest BCUT2D eigenvalue weighted by molar-refractivity contribution is -0.385. The SMILES string of the molecule is N#Cc1cc(F)c(Oc2ccccc2[N+](=O)[O-])c(F)c1. The first-order valence-electron chi connectivity index (χ1n) is 5.33. The molecule has 20 heavy (non-hydrogen) atoms. The van der Waals surface area contributed by atoms with Crippen LogP contribution in [0.3, 0.4) is 0 Å². The van der Waals surface area contributed by atoms with Crippen LogP contribution in [0.15, 0.2) is 36.4 Å². The second kappa shape index (κ2) is 5.32. The number of benzene rings is 2. The number of para-hydroxylation sites is 2. The molecule has 0 aliphatic heterocycles. The third kappa shape index (κ3) is 2.54. The smallest absolute Gasteiger partial charge is 0.311 e. The van der Waals surface area contributed by atoms with Gasteiger partial charge in [0.1, 0.15) is 0 Å². The van der Waals surface area contributed by atoms with E-state index in [0.29, 0.717) is 0 Å². The average molecular weight is 276 g/mol. The van der Waals surface area contributed by atoms with Gasteiger partial charge >= 0.3 is 5.69 Å². The molecule has 0 radical (unpaired) electrons. The molecule has 0 heterocycles. The van der Waals surface area contributed by atoms with Crippen molar-refractivity contribution in [1.29, 1.82) is 5.26 Å².